The molecule has 2 aromatic rings. The van der Waals surface area contributed by atoms with E-state index in [-0.39, 0.29) is 11.4 Å². The first-order valence-electron chi connectivity index (χ1n) is 5.54. The molecular weight excluding hydrogens is 218 g/mol. The van der Waals surface area contributed by atoms with Crippen LogP contribution < -0.4 is 11.1 Å². The standard InChI is InChI=1S/C11H13N5O/c12-7-11(1-2-11)15-10(17)8-5-14-16-4-3-13-6-9(8)16/h3-6H,1-2,7,12H2,(H,15,17). The van der Waals surface area contributed by atoms with Gasteiger partial charge in [0.1, 0.15) is 0 Å². The average Bonchev–Trinajstić information content (AvgIpc) is 2.99. The first kappa shape index (κ1) is 10.2. The van der Waals surface area contributed by atoms with Gasteiger partial charge in [-0.3, -0.25) is 9.78 Å². The molecule has 0 atom stereocenters. The number of nitrogens with zero attached hydrogens (tertiary/aromatic N) is 3. The number of aromatic nitrogens is 3. The second-order valence-corrected chi connectivity index (χ2v) is 4.40. The summed E-state index contributed by atoms with van der Waals surface area (Å²) in [6.45, 7) is 0.482. The Morgan fingerprint density at radius 2 is 2.35 bits per heavy atom. The Bertz CT molecular complexity index is 572. The molecule has 0 bridgehead atoms. The van der Waals surface area contributed by atoms with Gasteiger partial charge in [0.15, 0.2) is 0 Å². The van der Waals surface area contributed by atoms with Gasteiger partial charge in [0.05, 0.1) is 29.0 Å². The van der Waals surface area contributed by atoms with Gasteiger partial charge in [0.25, 0.3) is 5.91 Å². The largest absolute Gasteiger partial charge is 0.345 e. The number of fused-ring (bicyclic) bond motifs is 1. The van der Waals surface area contributed by atoms with Gasteiger partial charge in [0, 0.05) is 18.9 Å². The summed E-state index contributed by atoms with van der Waals surface area (Å²) >= 11 is 0. The van der Waals surface area contributed by atoms with Crippen LogP contribution in [0.1, 0.15) is 23.2 Å². The molecule has 0 aromatic carbocycles. The first-order chi connectivity index (χ1) is 8.24. The summed E-state index contributed by atoms with van der Waals surface area (Å²) in [5.74, 6) is -0.129. The average molecular weight is 231 g/mol. The van der Waals surface area contributed by atoms with E-state index in [0.29, 0.717) is 17.6 Å². The lowest BCUT2D eigenvalue weighted by atomic mass is 10.2. The minimum atomic E-state index is -0.187. The fourth-order valence-corrected chi connectivity index (χ4v) is 1.85. The van der Waals surface area contributed by atoms with E-state index in [1.54, 1.807) is 29.3 Å². The zero-order valence-corrected chi connectivity index (χ0v) is 9.26. The highest BCUT2D eigenvalue weighted by atomic mass is 16.1. The molecule has 2 heterocycles. The molecule has 17 heavy (non-hydrogen) atoms. The summed E-state index contributed by atoms with van der Waals surface area (Å²) in [5.41, 5.74) is 6.69. The number of nitrogens with two attached hydrogens (primary N) is 1. The molecule has 1 aliphatic carbocycles. The van der Waals surface area contributed by atoms with Crippen LogP contribution in [0.25, 0.3) is 5.52 Å². The molecule has 3 N–H and O–H groups in total. The summed E-state index contributed by atoms with van der Waals surface area (Å²) in [5, 5.41) is 7.07. The lowest BCUT2D eigenvalue weighted by Gasteiger charge is -2.13. The number of nitrogens with one attached hydrogen (secondary N) is 1. The molecule has 1 saturated carbocycles. The van der Waals surface area contributed by atoms with Crippen LogP contribution in [0.3, 0.4) is 0 Å². The number of hydrogen-bond donors (Lipinski definition) is 2. The minimum absolute atomic E-state index is 0.129. The third-order valence-corrected chi connectivity index (χ3v) is 3.19. The zero-order chi connectivity index (χ0) is 11.9. The molecule has 6 nitrogen and oxygen atoms in total. The highest BCUT2D eigenvalue weighted by Gasteiger charge is 2.43. The van der Waals surface area contributed by atoms with Crippen molar-refractivity contribution in [2.75, 3.05) is 6.54 Å². The van der Waals surface area contributed by atoms with E-state index in [1.165, 1.54) is 0 Å². The molecule has 2 aromatic heterocycles. The lowest BCUT2D eigenvalue weighted by molar-refractivity contribution is 0.0934. The van der Waals surface area contributed by atoms with Crippen LogP contribution in [0.2, 0.25) is 0 Å². The molecular formula is C11H13N5O. The number of amides is 1. The summed E-state index contributed by atoms with van der Waals surface area (Å²) in [4.78, 5) is 16.1. The predicted octanol–water partition coefficient (Wildman–Crippen LogP) is -0.0496. The Morgan fingerprint density at radius 1 is 1.53 bits per heavy atom. The van der Waals surface area contributed by atoms with Crippen molar-refractivity contribution in [3.63, 3.8) is 0 Å². The van der Waals surface area contributed by atoms with Crippen LogP contribution >= 0.6 is 0 Å². The topological polar surface area (TPSA) is 85.3 Å². The van der Waals surface area contributed by atoms with Crippen molar-refractivity contribution >= 4 is 11.4 Å². The predicted molar refractivity (Wildman–Crippen MR) is 61.5 cm³/mol. The van der Waals surface area contributed by atoms with Crippen LogP contribution in [-0.2, 0) is 0 Å². The van der Waals surface area contributed by atoms with Crippen molar-refractivity contribution in [1.82, 2.24) is 19.9 Å². The van der Waals surface area contributed by atoms with Crippen molar-refractivity contribution in [2.24, 2.45) is 5.73 Å². The van der Waals surface area contributed by atoms with E-state index in [1.807, 2.05) is 0 Å². The molecule has 1 fully saturated rings. The summed E-state index contributed by atoms with van der Waals surface area (Å²) in [6.07, 6.45) is 8.42. The van der Waals surface area contributed by atoms with E-state index >= 15 is 0 Å². The third kappa shape index (κ3) is 1.66. The Morgan fingerprint density at radius 3 is 3.06 bits per heavy atom. The van der Waals surface area contributed by atoms with Crippen LogP contribution in [0.4, 0.5) is 0 Å². The van der Waals surface area contributed by atoms with Gasteiger partial charge in [0.2, 0.25) is 0 Å². The van der Waals surface area contributed by atoms with Gasteiger partial charge in [-0.05, 0) is 12.8 Å². The number of carbonyl (C=O) groups excluding carboxylic acids is 1. The summed E-state index contributed by atoms with van der Waals surface area (Å²) in [7, 11) is 0. The van der Waals surface area contributed by atoms with Crippen molar-refractivity contribution in [1.29, 1.82) is 0 Å². The smallest absolute Gasteiger partial charge is 0.255 e. The zero-order valence-electron chi connectivity index (χ0n) is 9.26. The van der Waals surface area contributed by atoms with E-state index < -0.39 is 0 Å². The normalized spacial score (nSPS) is 17.0. The SMILES string of the molecule is NCC1(NC(=O)c2cnn3ccncc23)CC1. The highest BCUT2D eigenvalue weighted by Crippen LogP contribution is 2.34. The van der Waals surface area contributed by atoms with Gasteiger partial charge in [-0.25, -0.2) is 4.52 Å². The molecule has 1 amide bonds. The molecule has 0 aliphatic heterocycles. The van der Waals surface area contributed by atoms with Crippen LogP contribution in [0, 0.1) is 0 Å². The second kappa shape index (κ2) is 3.53. The molecule has 6 heteroatoms. The van der Waals surface area contributed by atoms with Gasteiger partial charge in [-0.2, -0.15) is 5.10 Å². The van der Waals surface area contributed by atoms with Gasteiger partial charge < -0.3 is 11.1 Å². The van der Waals surface area contributed by atoms with Gasteiger partial charge in [-0.15, -0.1) is 0 Å². The van der Waals surface area contributed by atoms with Crippen molar-refractivity contribution in [2.45, 2.75) is 18.4 Å². The Labute approximate surface area is 97.8 Å². The molecule has 0 saturated heterocycles. The first-order valence-corrected chi connectivity index (χ1v) is 5.54. The van der Waals surface area contributed by atoms with Crippen molar-refractivity contribution < 1.29 is 4.79 Å². The van der Waals surface area contributed by atoms with E-state index in [4.69, 9.17) is 5.73 Å². The molecule has 1 aliphatic rings. The van der Waals surface area contributed by atoms with Crippen molar-refractivity contribution in [3.05, 3.63) is 30.4 Å². The minimum Gasteiger partial charge on any atom is -0.345 e. The van der Waals surface area contributed by atoms with Gasteiger partial charge in [-0.1, -0.05) is 0 Å². The maximum absolute atomic E-state index is 12.1. The monoisotopic (exact) mass is 231 g/mol. The molecule has 0 radical (unpaired) electrons. The van der Waals surface area contributed by atoms with E-state index in [0.717, 1.165) is 12.8 Å². The Balaban J connectivity index is 1.91. The Kier molecular flexibility index (Phi) is 2.12. The third-order valence-electron chi connectivity index (χ3n) is 3.19. The van der Waals surface area contributed by atoms with Crippen LogP contribution in [-0.4, -0.2) is 32.6 Å². The van der Waals surface area contributed by atoms with Gasteiger partial charge >= 0.3 is 0 Å². The molecule has 0 unspecified atom stereocenters. The number of hydrogen-bond acceptors (Lipinski definition) is 4. The molecule has 3 rings (SSSR count). The fraction of sp³-hybridized carbons (Fsp3) is 0.364. The highest BCUT2D eigenvalue weighted by molar-refractivity contribution is 6.01. The van der Waals surface area contributed by atoms with Crippen LogP contribution in [0.15, 0.2) is 24.8 Å². The molecule has 88 valence electrons. The second-order valence-electron chi connectivity index (χ2n) is 4.40. The maximum atomic E-state index is 12.1. The van der Waals surface area contributed by atoms with E-state index in [2.05, 4.69) is 15.4 Å². The summed E-state index contributed by atoms with van der Waals surface area (Å²) < 4.78 is 1.63. The summed E-state index contributed by atoms with van der Waals surface area (Å²) in [6, 6.07) is 0. The lowest BCUT2D eigenvalue weighted by Crippen LogP contribution is -2.42. The number of carbonyl (C=O) groups is 1. The quantitative estimate of drug-likeness (QED) is 0.775. The van der Waals surface area contributed by atoms with Crippen molar-refractivity contribution in [3.8, 4) is 0 Å². The van der Waals surface area contributed by atoms with E-state index in [9.17, 15) is 4.79 Å². The molecule has 0 spiro atoms. The fourth-order valence-electron chi connectivity index (χ4n) is 1.85. The maximum Gasteiger partial charge on any atom is 0.255 e. The van der Waals surface area contributed by atoms with Crippen LogP contribution in [0.5, 0.6) is 0 Å². The number of rotatable bonds is 3. The Hall–Kier alpha value is -1.95.